The first-order valence-electron chi connectivity index (χ1n) is 11.7. The van der Waals surface area contributed by atoms with E-state index in [1.807, 2.05) is 18.3 Å². The van der Waals surface area contributed by atoms with Crippen molar-refractivity contribution in [3.63, 3.8) is 0 Å². The Balaban J connectivity index is 1.36. The molecule has 2 aliphatic rings. The number of piperidine rings is 1. The number of nitrogens with zero attached hydrogens (tertiary/aromatic N) is 5. The molecule has 2 saturated heterocycles. The molecule has 0 aromatic carbocycles. The van der Waals surface area contributed by atoms with Crippen LogP contribution < -0.4 is 10.2 Å². The van der Waals surface area contributed by atoms with Crippen LogP contribution in [0, 0.1) is 5.92 Å². The Hall–Kier alpha value is -3.29. The number of amides is 2. The molecule has 174 valence electrons. The van der Waals surface area contributed by atoms with Crippen LogP contribution in [0.2, 0.25) is 0 Å². The minimum absolute atomic E-state index is 0.0200. The molecule has 2 aromatic heterocycles. The van der Waals surface area contributed by atoms with Crippen LogP contribution in [0.4, 0.5) is 5.95 Å². The van der Waals surface area contributed by atoms with Crippen LogP contribution in [-0.4, -0.2) is 63.9 Å². The maximum Gasteiger partial charge on any atom is 0.225 e. The number of anilines is 1. The Morgan fingerprint density at radius 3 is 2.67 bits per heavy atom. The molecule has 2 amide bonds. The monoisotopic (exact) mass is 448 g/mol. The van der Waals surface area contributed by atoms with Crippen molar-refractivity contribution in [3.8, 4) is 11.1 Å². The van der Waals surface area contributed by atoms with Crippen LogP contribution in [0.25, 0.3) is 11.1 Å². The van der Waals surface area contributed by atoms with Crippen LogP contribution >= 0.6 is 0 Å². The van der Waals surface area contributed by atoms with E-state index in [0.717, 1.165) is 48.7 Å². The molecule has 1 atom stereocenters. The highest BCUT2D eigenvalue weighted by Gasteiger charge is 2.35. The topological polar surface area (TPSA) is 91.3 Å². The van der Waals surface area contributed by atoms with Crippen molar-refractivity contribution in [2.75, 3.05) is 31.1 Å². The number of rotatable bonds is 7. The van der Waals surface area contributed by atoms with Crippen LogP contribution in [0.5, 0.6) is 0 Å². The van der Waals surface area contributed by atoms with Gasteiger partial charge in [-0.2, -0.15) is 0 Å². The van der Waals surface area contributed by atoms with Gasteiger partial charge in [0.2, 0.25) is 17.8 Å². The summed E-state index contributed by atoms with van der Waals surface area (Å²) in [4.78, 5) is 42.3. The lowest BCUT2D eigenvalue weighted by molar-refractivity contribution is -0.129. The average Bonchev–Trinajstić information content (AvgIpc) is 3.20. The Labute approximate surface area is 195 Å². The number of pyridine rings is 1. The number of carbonyl (C=O) groups is 2. The third-order valence-electron chi connectivity index (χ3n) is 6.40. The van der Waals surface area contributed by atoms with Crippen LogP contribution in [0.3, 0.4) is 0 Å². The molecular formula is C25H32N6O2. The maximum absolute atomic E-state index is 12.7. The van der Waals surface area contributed by atoms with Gasteiger partial charge in [0.25, 0.3) is 0 Å². The summed E-state index contributed by atoms with van der Waals surface area (Å²) >= 11 is 0. The van der Waals surface area contributed by atoms with E-state index < -0.39 is 0 Å². The normalized spacial score (nSPS) is 19.2. The van der Waals surface area contributed by atoms with Gasteiger partial charge in [-0.1, -0.05) is 19.9 Å². The number of likely N-dealkylation sites (tertiary alicyclic amines) is 1. The van der Waals surface area contributed by atoms with E-state index in [1.165, 1.54) is 0 Å². The van der Waals surface area contributed by atoms with Crippen molar-refractivity contribution in [1.29, 1.82) is 0 Å². The van der Waals surface area contributed by atoms with E-state index in [4.69, 9.17) is 4.98 Å². The number of aromatic nitrogens is 3. The van der Waals surface area contributed by atoms with Gasteiger partial charge in [0, 0.05) is 62.8 Å². The number of carbonyl (C=O) groups excluding carboxylic acids is 2. The fourth-order valence-corrected chi connectivity index (χ4v) is 4.55. The van der Waals surface area contributed by atoms with Crippen molar-refractivity contribution in [1.82, 2.24) is 25.2 Å². The first kappa shape index (κ1) is 22.9. The van der Waals surface area contributed by atoms with Crippen LogP contribution in [-0.2, 0) is 9.59 Å². The van der Waals surface area contributed by atoms with Crippen molar-refractivity contribution in [2.45, 2.75) is 45.1 Å². The van der Waals surface area contributed by atoms with E-state index in [-0.39, 0.29) is 36.1 Å². The highest BCUT2D eigenvalue weighted by molar-refractivity contribution is 5.89. The van der Waals surface area contributed by atoms with E-state index in [2.05, 4.69) is 40.6 Å². The smallest absolute Gasteiger partial charge is 0.225 e. The molecule has 1 unspecified atom stereocenters. The minimum Gasteiger partial charge on any atom is -0.353 e. The second-order valence-corrected chi connectivity index (χ2v) is 9.12. The van der Waals surface area contributed by atoms with Crippen molar-refractivity contribution >= 4 is 17.8 Å². The Morgan fingerprint density at radius 1 is 1.27 bits per heavy atom. The van der Waals surface area contributed by atoms with Gasteiger partial charge >= 0.3 is 0 Å². The fourth-order valence-electron chi connectivity index (χ4n) is 4.55. The van der Waals surface area contributed by atoms with Gasteiger partial charge in [-0.25, -0.2) is 9.97 Å². The van der Waals surface area contributed by atoms with Gasteiger partial charge in [-0.3, -0.25) is 14.6 Å². The van der Waals surface area contributed by atoms with E-state index in [1.54, 1.807) is 23.4 Å². The Morgan fingerprint density at radius 2 is 2.00 bits per heavy atom. The molecule has 2 aromatic rings. The summed E-state index contributed by atoms with van der Waals surface area (Å²) < 4.78 is 0. The Kier molecular flexibility index (Phi) is 7.01. The molecule has 8 heteroatoms. The largest absolute Gasteiger partial charge is 0.353 e. The van der Waals surface area contributed by atoms with Crippen LogP contribution in [0.1, 0.15) is 44.7 Å². The molecule has 33 heavy (non-hydrogen) atoms. The van der Waals surface area contributed by atoms with Crippen molar-refractivity contribution in [3.05, 3.63) is 49.1 Å². The molecule has 0 aliphatic carbocycles. The molecular weight excluding hydrogens is 416 g/mol. The van der Waals surface area contributed by atoms with Gasteiger partial charge in [0.15, 0.2) is 0 Å². The number of hydrogen-bond donors (Lipinski definition) is 1. The predicted octanol–water partition coefficient (Wildman–Crippen LogP) is 2.78. The molecule has 4 heterocycles. The third kappa shape index (κ3) is 5.21. The molecule has 8 nitrogen and oxygen atoms in total. The molecule has 2 aliphatic heterocycles. The zero-order chi connectivity index (χ0) is 23.4. The summed E-state index contributed by atoms with van der Waals surface area (Å²) in [6.07, 6.45) is 9.12. The average molecular weight is 449 g/mol. The van der Waals surface area contributed by atoms with Gasteiger partial charge in [-0.05, 0) is 36.5 Å². The number of nitrogens with one attached hydrogen (secondary N) is 1. The van der Waals surface area contributed by atoms with Crippen molar-refractivity contribution < 1.29 is 9.59 Å². The standard InChI is InChI=1S/C25H32N6O2/c1-4-11-31-16-19(14-22(31)32)24(33)28-20-7-12-30(13-8-20)25-27-15-21(23(29-25)17(2)3)18-5-9-26-10-6-18/h4-6,9-10,15,17,19-20H,1,7-8,11-14,16H2,2-3H3,(H,28,33). The van der Waals surface area contributed by atoms with Gasteiger partial charge in [0.1, 0.15) is 0 Å². The summed E-state index contributed by atoms with van der Waals surface area (Å²) in [5.41, 5.74) is 3.13. The first-order valence-corrected chi connectivity index (χ1v) is 11.7. The zero-order valence-electron chi connectivity index (χ0n) is 19.4. The summed E-state index contributed by atoms with van der Waals surface area (Å²) in [7, 11) is 0. The lowest BCUT2D eigenvalue weighted by Gasteiger charge is -2.33. The van der Waals surface area contributed by atoms with Crippen molar-refractivity contribution in [2.24, 2.45) is 5.92 Å². The molecule has 0 saturated carbocycles. The summed E-state index contributed by atoms with van der Waals surface area (Å²) in [5.74, 6) is 0.740. The quantitative estimate of drug-likeness (QED) is 0.655. The molecule has 1 N–H and O–H groups in total. The lowest BCUT2D eigenvalue weighted by atomic mass is 10.00. The first-order chi connectivity index (χ1) is 16.0. The summed E-state index contributed by atoms with van der Waals surface area (Å²) in [6.45, 7) is 10.5. The summed E-state index contributed by atoms with van der Waals surface area (Å²) in [6, 6.07) is 4.07. The fraction of sp³-hybridized carbons (Fsp3) is 0.480. The maximum atomic E-state index is 12.7. The zero-order valence-corrected chi connectivity index (χ0v) is 19.4. The van der Waals surface area contributed by atoms with E-state index in [9.17, 15) is 9.59 Å². The van der Waals surface area contributed by atoms with Gasteiger partial charge in [0.05, 0.1) is 11.6 Å². The Bertz CT molecular complexity index is 1000. The highest BCUT2D eigenvalue weighted by atomic mass is 16.2. The van der Waals surface area contributed by atoms with E-state index in [0.29, 0.717) is 13.1 Å². The lowest BCUT2D eigenvalue weighted by Crippen LogP contribution is -2.47. The predicted molar refractivity (Wildman–Crippen MR) is 128 cm³/mol. The number of hydrogen-bond acceptors (Lipinski definition) is 6. The van der Waals surface area contributed by atoms with Crippen LogP contribution in [0.15, 0.2) is 43.4 Å². The van der Waals surface area contributed by atoms with Gasteiger partial charge in [-0.15, -0.1) is 6.58 Å². The molecule has 0 radical (unpaired) electrons. The SMILES string of the molecule is C=CCN1CC(C(=O)NC2CCN(c3ncc(-c4ccncc4)c(C(C)C)n3)CC2)CC1=O. The molecule has 2 fully saturated rings. The molecule has 4 rings (SSSR count). The van der Waals surface area contributed by atoms with E-state index >= 15 is 0 Å². The summed E-state index contributed by atoms with van der Waals surface area (Å²) in [5, 5.41) is 3.16. The highest BCUT2D eigenvalue weighted by Crippen LogP contribution is 2.29. The molecule has 0 bridgehead atoms. The third-order valence-corrected chi connectivity index (χ3v) is 6.40. The second-order valence-electron chi connectivity index (χ2n) is 9.12. The van der Waals surface area contributed by atoms with Gasteiger partial charge < -0.3 is 15.1 Å². The molecule has 0 spiro atoms. The second kappa shape index (κ2) is 10.1. The minimum atomic E-state index is -0.270.